The number of nitrogens with one attached hydrogen (secondary N) is 1. The number of carbonyl (C=O) groups excluding carboxylic acids is 2. The number of rotatable bonds is 9. The van der Waals surface area contributed by atoms with Crippen molar-refractivity contribution in [1.82, 2.24) is 14.9 Å². The molecule has 2 aliphatic heterocycles. The Hall–Kier alpha value is -2.00. The summed E-state index contributed by atoms with van der Waals surface area (Å²) in [6.45, 7) is 6.52. The fraction of sp³-hybridized carbons (Fsp3) is 0.714. The van der Waals surface area contributed by atoms with E-state index in [1.165, 1.54) is 19.2 Å². The number of thioether (sulfide) groups is 1. The summed E-state index contributed by atoms with van der Waals surface area (Å²) in [6, 6.07) is 1.39. The minimum atomic E-state index is -4.14. The number of amides is 1. The molecule has 2 aliphatic rings. The van der Waals surface area contributed by atoms with Gasteiger partial charge in [0, 0.05) is 24.9 Å². The number of nitrogen functional groups attached to an aromatic ring is 1. The minimum absolute atomic E-state index is 0.0191. The number of ether oxygens (including phenoxy) is 2. The van der Waals surface area contributed by atoms with Crippen LogP contribution in [-0.2, 0) is 32.4 Å². The van der Waals surface area contributed by atoms with Crippen LogP contribution >= 0.6 is 19.6 Å². The van der Waals surface area contributed by atoms with E-state index in [9.17, 15) is 24.1 Å². The van der Waals surface area contributed by atoms with Gasteiger partial charge >= 0.3 is 19.6 Å². The highest BCUT2D eigenvalue weighted by Crippen LogP contribution is 2.57. The second-order valence-corrected chi connectivity index (χ2v) is 12.0. The molecule has 16 heteroatoms. The predicted octanol–water partition coefficient (Wildman–Crippen LogP) is 1.44. The third kappa shape index (κ3) is 7.11. The maximum atomic E-state index is 13.2. The third-order valence-electron chi connectivity index (χ3n) is 5.78. The molecule has 1 amide bonds. The van der Waals surface area contributed by atoms with Crippen molar-refractivity contribution < 1.29 is 42.3 Å². The van der Waals surface area contributed by atoms with Gasteiger partial charge in [0.05, 0.1) is 31.3 Å². The summed E-state index contributed by atoms with van der Waals surface area (Å²) in [5, 5.41) is 13.5. The average molecular weight is 565 g/mol. The Labute approximate surface area is 218 Å². The molecule has 3 rings (SSSR count). The lowest BCUT2D eigenvalue weighted by Gasteiger charge is -2.30. The fourth-order valence-corrected chi connectivity index (χ4v) is 6.19. The van der Waals surface area contributed by atoms with Crippen LogP contribution in [0.2, 0.25) is 0 Å². The van der Waals surface area contributed by atoms with Gasteiger partial charge in [-0.2, -0.15) is 4.98 Å². The molecular weight excluding hydrogens is 531 g/mol. The van der Waals surface area contributed by atoms with Gasteiger partial charge in [0.2, 0.25) is 0 Å². The van der Waals surface area contributed by atoms with Gasteiger partial charge in [-0.25, -0.2) is 14.2 Å². The van der Waals surface area contributed by atoms with Crippen molar-refractivity contribution in [3.63, 3.8) is 0 Å². The number of alkyl carbamates (subject to hydrolysis) is 1. The van der Waals surface area contributed by atoms with Gasteiger partial charge in [0.1, 0.15) is 17.5 Å². The summed E-state index contributed by atoms with van der Waals surface area (Å²) < 4.78 is 41.4. The molecule has 1 aromatic rings. The SMILES string of the molecule is CCOC(=O)NCC(C)(C)C(=O)SCCO[P@@]1(=O)OCC[C@H]2O[C@@H](n3ccc(N)nc3=O)[C@](C)(O)[C@@H]2O1. The number of aliphatic hydroxyl groups is 1. The zero-order valence-corrected chi connectivity index (χ0v) is 22.8. The van der Waals surface area contributed by atoms with Crippen LogP contribution < -0.4 is 16.7 Å². The number of fused-ring (bicyclic) bond motifs is 1. The molecular formula is C21H33N4O10PS. The van der Waals surface area contributed by atoms with Crippen molar-refractivity contribution in [1.29, 1.82) is 0 Å². The van der Waals surface area contributed by atoms with E-state index >= 15 is 0 Å². The predicted molar refractivity (Wildman–Crippen MR) is 133 cm³/mol. The number of nitrogens with two attached hydrogens (primary N) is 1. The Kier molecular flexibility index (Phi) is 9.43. The maximum absolute atomic E-state index is 13.2. The summed E-state index contributed by atoms with van der Waals surface area (Å²) in [5.41, 5.74) is 2.14. The Morgan fingerprint density at radius 1 is 1.46 bits per heavy atom. The summed E-state index contributed by atoms with van der Waals surface area (Å²) in [4.78, 5) is 40.0. The van der Waals surface area contributed by atoms with Crippen LogP contribution in [0.15, 0.2) is 17.1 Å². The minimum Gasteiger partial charge on any atom is -0.450 e. The third-order valence-corrected chi connectivity index (χ3v) is 8.45. The van der Waals surface area contributed by atoms with Crippen molar-refractivity contribution in [2.75, 3.05) is 37.9 Å². The topological polar surface area (TPSA) is 191 Å². The summed E-state index contributed by atoms with van der Waals surface area (Å²) in [5.74, 6) is 0.153. The van der Waals surface area contributed by atoms with Crippen LogP contribution in [0.3, 0.4) is 0 Å². The van der Waals surface area contributed by atoms with Gasteiger partial charge in [0.15, 0.2) is 11.3 Å². The Morgan fingerprint density at radius 3 is 2.86 bits per heavy atom. The number of nitrogens with zero attached hydrogens (tertiary/aromatic N) is 2. The molecule has 0 aliphatic carbocycles. The molecule has 4 N–H and O–H groups in total. The van der Waals surface area contributed by atoms with E-state index < -0.39 is 49.1 Å². The van der Waals surface area contributed by atoms with Crippen LogP contribution in [0.25, 0.3) is 0 Å². The summed E-state index contributed by atoms with van der Waals surface area (Å²) in [6.07, 6.45) is -2.10. The molecule has 5 atom stereocenters. The van der Waals surface area contributed by atoms with Crippen molar-refractivity contribution in [2.45, 2.75) is 58.2 Å². The first-order chi connectivity index (χ1) is 17.3. The monoisotopic (exact) mass is 564 g/mol. The molecule has 3 heterocycles. The Balaban J connectivity index is 1.57. The highest BCUT2D eigenvalue weighted by atomic mass is 32.2. The van der Waals surface area contributed by atoms with Gasteiger partial charge in [-0.05, 0) is 19.9 Å². The Morgan fingerprint density at radius 2 is 2.19 bits per heavy atom. The fourth-order valence-electron chi connectivity index (χ4n) is 3.78. The molecule has 0 aromatic carbocycles. The van der Waals surface area contributed by atoms with Crippen molar-refractivity contribution in [3.8, 4) is 0 Å². The van der Waals surface area contributed by atoms with E-state index in [-0.39, 0.29) is 49.5 Å². The molecule has 37 heavy (non-hydrogen) atoms. The highest BCUT2D eigenvalue weighted by Gasteiger charge is 2.58. The van der Waals surface area contributed by atoms with Gasteiger partial charge in [-0.1, -0.05) is 25.6 Å². The van der Waals surface area contributed by atoms with Crippen LogP contribution in [0.5, 0.6) is 0 Å². The number of hydrogen-bond acceptors (Lipinski definition) is 13. The van der Waals surface area contributed by atoms with E-state index in [0.29, 0.717) is 0 Å². The van der Waals surface area contributed by atoms with Crippen LogP contribution in [0.4, 0.5) is 10.6 Å². The zero-order chi connectivity index (χ0) is 27.4. The van der Waals surface area contributed by atoms with Crippen LogP contribution in [0, 0.1) is 5.41 Å². The first kappa shape index (κ1) is 29.6. The number of hydrogen-bond donors (Lipinski definition) is 3. The normalized spacial score (nSPS) is 29.8. The van der Waals surface area contributed by atoms with E-state index in [0.717, 1.165) is 16.3 Å². The Bertz CT molecular complexity index is 1100. The van der Waals surface area contributed by atoms with Crippen LogP contribution in [-0.4, -0.2) is 75.8 Å². The number of anilines is 1. The maximum Gasteiger partial charge on any atom is 0.475 e. The van der Waals surface area contributed by atoms with E-state index in [1.807, 2.05) is 0 Å². The highest BCUT2D eigenvalue weighted by molar-refractivity contribution is 8.13. The molecule has 2 fully saturated rings. The molecule has 14 nitrogen and oxygen atoms in total. The molecule has 0 bridgehead atoms. The van der Waals surface area contributed by atoms with Crippen molar-refractivity contribution in [3.05, 3.63) is 22.7 Å². The largest absolute Gasteiger partial charge is 0.475 e. The lowest BCUT2D eigenvalue weighted by atomic mass is 9.95. The second kappa shape index (κ2) is 11.8. The molecule has 0 radical (unpaired) electrons. The standard InChI is InChI=1S/C21H33N4O10PS/c1-5-31-19(28)23-12-20(2,3)17(26)37-11-10-33-36(30)32-9-7-13-15(35-36)21(4,29)16(34-13)25-8-6-14(22)24-18(25)27/h6,8,13,15-16,29H,5,7,9-12H2,1-4H3,(H,23,28)(H2,22,24,27)/t13-,15-,16-,21-,36-/m1/s1. The van der Waals surface area contributed by atoms with Crippen molar-refractivity contribution in [2.24, 2.45) is 5.41 Å². The van der Waals surface area contributed by atoms with Crippen molar-refractivity contribution >= 4 is 36.6 Å². The van der Waals surface area contributed by atoms with Gasteiger partial charge in [-0.3, -0.25) is 22.9 Å². The average Bonchev–Trinajstić information content (AvgIpc) is 2.94. The zero-order valence-electron chi connectivity index (χ0n) is 21.1. The number of phosphoric acid groups is 1. The molecule has 1 aromatic heterocycles. The first-order valence-electron chi connectivity index (χ1n) is 11.7. The van der Waals surface area contributed by atoms with Crippen LogP contribution in [0.1, 0.15) is 40.3 Å². The molecule has 0 unspecified atom stereocenters. The first-order valence-corrected chi connectivity index (χ1v) is 14.1. The number of aromatic nitrogens is 2. The second-order valence-electron chi connectivity index (χ2n) is 9.32. The smallest absolute Gasteiger partial charge is 0.450 e. The number of phosphoric ester groups is 1. The summed E-state index contributed by atoms with van der Waals surface area (Å²) in [7, 11) is -4.14. The number of carbonyl (C=O) groups is 2. The van der Waals surface area contributed by atoms with E-state index in [2.05, 4.69) is 10.3 Å². The van der Waals surface area contributed by atoms with Gasteiger partial charge in [-0.15, -0.1) is 0 Å². The molecule has 0 spiro atoms. The van der Waals surface area contributed by atoms with Gasteiger partial charge in [0.25, 0.3) is 0 Å². The lowest BCUT2D eigenvalue weighted by molar-refractivity contribution is -0.117. The van der Waals surface area contributed by atoms with E-state index in [4.69, 9.17) is 28.8 Å². The molecule has 0 saturated carbocycles. The quantitative estimate of drug-likeness (QED) is 0.289. The molecule has 2 saturated heterocycles. The lowest BCUT2D eigenvalue weighted by Crippen LogP contribution is -2.46. The van der Waals surface area contributed by atoms with Gasteiger partial charge < -0.3 is 25.6 Å². The molecule has 208 valence electrons. The summed E-state index contributed by atoms with van der Waals surface area (Å²) >= 11 is 0.943. The van der Waals surface area contributed by atoms with E-state index in [1.54, 1.807) is 20.8 Å².